The number of carbonyl (C=O) groups is 1. The summed E-state index contributed by atoms with van der Waals surface area (Å²) in [5.74, 6) is 1.50. The Morgan fingerprint density at radius 3 is 2.37 bits per heavy atom. The molecule has 2 atom stereocenters. The van der Waals surface area contributed by atoms with Crippen molar-refractivity contribution in [2.75, 3.05) is 31.0 Å². The highest BCUT2D eigenvalue weighted by atomic mass is 35.5. The van der Waals surface area contributed by atoms with E-state index >= 15 is 0 Å². The summed E-state index contributed by atoms with van der Waals surface area (Å²) in [6.45, 7) is 4.68. The first-order chi connectivity index (χ1) is 18.4. The molecule has 1 heterocycles. The Hall–Kier alpha value is -3.84. The van der Waals surface area contributed by atoms with Crippen molar-refractivity contribution < 1.29 is 24.1 Å². The number of allylic oxidation sites excluding steroid dienone is 1. The lowest BCUT2D eigenvalue weighted by Crippen LogP contribution is -2.27. The molecule has 0 unspecified atom stereocenters. The first kappa shape index (κ1) is 25.8. The van der Waals surface area contributed by atoms with Crippen LogP contribution < -0.4 is 24.8 Å². The van der Waals surface area contributed by atoms with E-state index < -0.39 is 6.04 Å². The third kappa shape index (κ3) is 4.86. The minimum absolute atomic E-state index is 0.0315. The predicted octanol–water partition coefficient (Wildman–Crippen LogP) is 6.83. The zero-order valence-electron chi connectivity index (χ0n) is 21.6. The summed E-state index contributed by atoms with van der Waals surface area (Å²) in [5.41, 5.74) is 5.00. The van der Waals surface area contributed by atoms with Crippen molar-refractivity contribution in [1.29, 1.82) is 0 Å². The minimum Gasteiger partial charge on any atom is -0.503 e. The molecule has 198 valence electrons. The molecule has 3 aromatic carbocycles. The fraction of sp³-hybridized carbons (Fsp3) is 0.300. The van der Waals surface area contributed by atoms with Crippen molar-refractivity contribution >= 4 is 28.8 Å². The van der Waals surface area contributed by atoms with E-state index in [1.54, 1.807) is 19.2 Å². The Kier molecular flexibility index (Phi) is 7.38. The van der Waals surface area contributed by atoms with Gasteiger partial charge in [-0.15, -0.1) is 0 Å². The third-order valence-corrected chi connectivity index (χ3v) is 7.24. The molecule has 0 bridgehead atoms. The van der Waals surface area contributed by atoms with Gasteiger partial charge in [-0.25, -0.2) is 0 Å². The molecule has 0 radical (unpaired) electrons. The predicted molar refractivity (Wildman–Crippen MR) is 149 cm³/mol. The van der Waals surface area contributed by atoms with Crippen molar-refractivity contribution in [1.82, 2.24) is 0 Å². The van der Waals surface area contributed by atoms with Gasteiger partial charge in [0.15, 0.2) is 28.8 Å². The normalized spacial score (nSPS) is 18.5. The molecule has 2 aliphatic rings. The lowest BCUT2D eigenvalue weighted by molar-refractivity contribution is -0.116. The van der Waals surface area contributed by atoms with Crippen molar-refractivity contribution in [3.05, 3.63) is 82.0 Å². The van der Waals surface area contributed by atoms with Crippen LogP contribution in [0.5, 0.6) is 23.0 Å². The van der Waals surface area contributed by atoms with Gasteiger partial charge in [-0.1, -0.05) is 29.8 Å². The summed E-state index contributed by atoms with van der Waals surface area (Å²) in [7, 11) is 1.62. The van der Waals surface area contributed by atoms with Crippen LogP contribution in [-0.4, -0.2) is 31.2 Å². The number of hydrogen-bond acceptors (Lipinski definition) is 7. The Bertz CT molecular complexity index is 1400. The Labute approximate surface area is 227 Å². The lowest BCUT2D eigenvalue weighted by Gasteiger charge is -2.30. The maximum atomic E-state index is 13.9. The van der Waals surface area contributed by atoms with Gasteiger partial charge in [0.2, 0.25) is 0 Å². The number of ether oxygens (including phenoxy) is 3. The largest absolute Gasteiger partial charge is 0.503 e. The minimum atomic E-state index is -0.484. The maximum absolute atomic E-state index is 13.9. The van der Waals surface area contributed by atoms with E-state index in [0.29, 0.717) is 43.1 Å². The maximum Gasteiger partial charge on any atom is 0.176 e. The number of halogens is 1. The second kappa shape index (κ2) is 10.9. The molecule has 3 aromatic rings. The average molecular weight is 535 g/mol. The summed E-state index contributed by atoms with van der Waals surface area (Å²) in [4.78, 5) is 13.9. The van der Waals surface area contributed by atoms with E-state index in [1.165, 1.54) is 0 Å². The quantitative estimate of drug-likeness (QED) is 0.306. The van der Waals surface area contributed by atoms with E-state index in [0.717, 1.165) is 28.2 Å². The number of phenols is 1. The Morgan fingerprint density at radius 1 is 0.921 bits per heavy atom. The van der Waals surface area contributed by atoms with Crippen LogP contribution in [-0.2, 0) is 4.79 Å². The van der Waals surface area contributed by atoms with Crippen LogP contribution >= 0.6 is 11.6 Å². The van der Waals surface area contributed by atoms with Gasteiger partial charge in [0, 0.05) is 17.7 Å². The molecule has 1 aliphatic carbocycles. The number of hydrogen-bond donors (Lipinski definition) is 3. The van der Waals surface area contributed by atoms with E-state index in [1.807, 2.05) is 56.3 Å². The number of methoxy groups -OCH3 is 1. The van der Waals surface area contributed by atoms with Crippen LogP contribution in [0, 0.1) is 0 Å². The number of nitrogens with one attached hydrogen (secondary N) is 2. The topological polar surface area (TPSA) is 89.1 Å². The Morgan fingerprint density at radius 2 is 1.63 bits per heavy atom. The highest BCUT2D eigenvalue weighted by Crippen LogP contribution is 2.47. The zero-order chi connectivity index (χ0) is 26.8. The molecule has 8 heteroatoms. The van der Waals surface area contributed by atoms with Crippen molar-refractivity contribution in [3.63, 3.8) is 0 Å². The van der Waals surface area contributed by atoms with Gasteiger partial charge < -0.3 is 30.0 Å². The van der Waals surface area contributed by atoms with Crippen LogP contribution in [0.15, 0.2) is 65.9 Å². The fourth-order valence-electron chi connectivity index (χ4n) is 5.22. The molecule has 3 N–H and O–H groups in total. The SMILES string of the molecule is CCOc1ccc([C@H]2CC(=O)C3=C(C2)Nc2ccccc2N[C@@H]3c2cc(Cl)c(O)c(OCC)c2)cc1OC. The third-order valence-electron chi connectivity index (χ3n) is 6.95. The number of Topliss-reactive ketones (excluding diaryl/α,β-unsaturated/α-hetero) is 1. The van der Waals surface area contributed by atoms with Crippen LogP contribution in [0.1, 0.15) is 49.8 Å². The number of ketones is 1. The Balaban J connectivity index is 1.59. The number of phenolic OH excluding ortho intramolecular Hbond substituents is 1. The molecule has 7 nitrogen and oxygen atoms in total. The van der Waals surface area contributed by atoms with Gasteiger partial charge in [0.25, 0.3) is 0 Å². The second-order valence-corrected chi connectivity index (χ2v) is 9.70. The van der Waals surface area contributed by atoms with E-state index in [2.05, 4.69) is 10.6 Å². The molecule has 0 amide bonds. The summed E-state index contributed by atoms with van der Waals surface area (Å²) in [6.07, 6.45) is 0.977. The zero-order valence-corrected chi connectivity index (χ0v) is 22.4. The molecule has 0 aromatic heterocycles. The number of fused-ring (bicyclic) bond motifs is 1. The number of aromatic hydroxyl groups is 1. The standard InChI is InChI=1S/C30H31ClN2O5/c1-4-37-25-11-10-17(15-26(25)36-3)18-13-23-28(24(34)14-18)29(33-22-9-7-6-8-21(22)32-23)19-12-20(31)30(35)27(16-19)38-5-2/h6-12,15-16,18,29,32-33,35H,4-5,13-14H2,1-3H3/t18-,29-/m1/s1. The van der Waals surface area contributed by atoms with Gasteiger partial charge in [0.1, 0.15) is 0 Å². The van der Waals surface area contributed by atoms with E-state index in [4.69, 9.17) is 25.8 Å². The number of anilines is 2. The van der Waals surface area contributed by atoms with Gasteiger partial charge in [0.05, 0.1) is 42.8 Å². The van der Waals surface area contributed by atoms with Gasteiger partial charge in [-0.3, -0.25) is 4.79 Å². The highest BCUT2D eigenvalue weighted by molar-refractivity contribution is 6.32. The second-order valence-electron chi connectivity index (χ2n) is 9.29. The first-order valence-electron chi connectivity index (χ1n) is 12.8. The molecular formula is C30H31ClN2O5. The summed E-state index contributed by atoms with van der Waals surface area (Å²) >= 11 is 6.40. The number of carbonyl (C=O) groups excluding carboxylic acids is 1. The van der Waals surface area contributed by atoms with Crippen molar-refractivity contribution in [2.45, 2.75) is 38.6 Å². The highest BCUT2D eigenvalue weighted by Gasteiger charge is 2.37. The molecule has 0 saturated carbocycles. The molecule has 38 heavy (non-hydrogen) atoms. The van der Waals surface area contributed by atoms with Crippen molar-refractivity contribution in [2.24, 2.45) is 0 Å². The number of para-hydroxylation sites is 2. The van der Waals surface area contributed by atoms with Crippen LogP contribution in [0.4, 0.5) is 11.4 Å². The van der Waals surface area contributed by atoms with E-state index in [9.17, 15) is 9.90 Å². The molecular weight excluding hydrogens is 504 g/mol. The van der Waals surface area contributed by atoms with Crippen LogP contribution in [0.3, 0.4) is 0 Å². The summed E-state index contributed by atoms with van der Waals surface area (Å²) in [5, 5.41) is 17.7. The van der Waals surface area contributed by atoms with Crippen LogP contribution in [0.2, 0.25) is 5.02 Å². The smallest absolute Gasteiger partial charge is 0.176 e. The summed E-state index contributed by atoms with van der Waals surface area (Å²) in [6, 6.07) is 16.7. The van der Waals surface area contributed by atoms with Gasteiger partial charge >= 0.3 is 0 Å². The molecule has 0 spiro atoms. The van der Waals surface area contributed by atoms with Gasteiger partial charge in [-0.05, 0) is 73.7 Å². The average Bonchev–Trinajstić information content (AvgIpc) is 3.08. The summed E-state index contributed by atoms with van der Waals surface area (Å²) < 4.78 is 16.9. The van der Waals surface area contributed by atoms with Crippen molar-refractivity contribution in [3.8, 4) is 23.0 Å². The molecule has 5 rings (SSSR count). The van der Waals surface area contributed by atoms with Gasteiger partial charge in [-0.2, -0.15) is 0 Å². The molecule has 0 saturated heterocycles. The monoisotopic (exact) mass is 534 g/mol. The lowest BCUT2D eigenvalue weighted by atomic mass is 9.78. The number of rotatable bonds is 7. The van der Waals surface area contributed by atoms with Crippen LogP contribution in [0.25, 0.3) is 0 Å². The fourth-order valence-corrected chi connectivity index (χ4v) is 5.44. The molecule has 0 fully saturated rings. The number of benzene rings is 3. The first-order valence-corrected chi connectivity index (χ1v) is 13.2. The molecule has 1 aliphatic heterocycles. The van der Waals surface area contributed by atoms with E-state index in [-0.39, 0.29) is 28.2 Å².